The third-order valence-corrected chi connectivity index (χ3v) is 3.83. The summed E-state index contributed by atoms with van der Waals surface area (Å²) in [5.74, 6) is -0.235. The number of thiazole rings is 1. The first kappa shape index (κ1) is 16.6. The van der Waals surface area contributed by atoms with E-state index < -0.39 is 0 Å². The number of nitrogens with two attached hydrogens (primary N) is 1. The van der Waals surface area contributed by atoms with Crippen molar-refractivity contribution in [3.8, 4) is 10.6 Å². The highest BCUT2D eigenvalue weighted by Crippen LogP contribution is 2.24. The topological polar surface area (TPSA) is 68.0 Å². The van der Waals surface area contributed by atoms with Crippen molar-refractivity contribution in [3.05, 3.63) is 35.3 Å². The summed E-state index contributed by atoms with van der Waals surface area (Å²) in [5, 5.41) is 5.85. The second-order valence-electron chi connectivity index (χ2n) is 4.50. The number of amides is 1. The molecular formula is C14H18ClN3OS. The van der Waals surface area contributed by atoms with Gasteiger partial charge in [0.25, 0.3) is 0 Å². The smallest absolute Gasteiger partial charge is 0.228 e. The lowest BCUT2D eigenvalue weighted by atomic mass is 10.1. The largest absolute Gasteiger partial charge is 0.330 e. The predicted molar refractivity (Wildman–Crippen MR) is 86.4 cm³/mol. The Hall–Kier alpha value is -1.43. The van der Waals surface area contributed by atoms with Crippen LogP contribution in [-0.4, -0.2) is 17.4 Å². The van der Waals surface area contributed by atoms with E-state index in [1.165, 1.54) is 0 Å². The number of hydrogen-bond acceptors (Lipinski definition) is 4. The van der Waals surface area contributed by atoms with Gasteiger partial charge in [-0.15, -0.1) is 23.7 Å². The molecule has 0 aliphatic rings. The molecule has 2 aromatic rings. The molecule has 0 bridgehead atoms. The highest BCUT2D eigenvalue weighted by molar-refractivity contribution is 7.13. The van der Waals surface area contributed by atoms with Crippen molar-refractivity contribution < 1.29 is 4.79 Å². The number of aryl methyl sites for hydroxylation is 1. The van der Waals surface area contributed by atoms with Crippen molar-refractivity contribution in [3.63, 3.8) is 0 Å². The molecule has 0 fully saturated rings. The Balaban J connectivity index is 0.00000200. The Bertz CT molecular complexity index is 568. The van der Waals surface area contributed by atoms with E-state index in [0.29, 0.717) is 6.54 Å². The van der Waals surface area contributed by atoms with Crippen LogP contribution in [0.4, 0.5) is 5.69 Å². The molecule has 0 radical (unpaired) electrons. The maximum absolute atomic E-state index is 11.7. The van der Waals surface area contributed by atoms with Gasteiger partial charge in [-0.3, -0.25) is 4.79 Å². The van der Waals surface area contributed by atoms with Crippen molar-refractivity contribution in [1.29, 1.82) is 0 Å². The van der Waals surface area contributed by atoms with E-state index in [-0.39, 0.29) is 24.2 Å². The number of anilines is 1. The van der Waals surface area contributed by atoms with Gasteiger partial charge in [0.1, 0.15) is 5.01 Å². The molecular weight excluding hydrogens is 294 g/mol. The predicted octanol–water partition coefficient (Wildman–Crippen LogP) is 3.07. The summed E-state index contributed by atoms with van der Waals surface area (Å²) in [6.07, 6.45) is 0. The van der Waals surface area contributed by atoms with E-state index in [4.69, 9.17) is 5.73 Å². The molecule has 0 saturated heterocycles. The molecule has 1 unspecified atom stereocenters. The van der Waals surface area contributed by atoms with Gasteiger partial charge < -0.3 is 11.1 Å². The van der Waals surface area contributed by atoms with Crippen LogP contribution in [0.5, 0.6) is 0 Å². The number of nitrogens with zero attached hydrogens (tertiary/aromatic N) is 1. The minimum absolute atomic E-state index is 0. The van der Waals surface area contributed by atoms with Gasteiger partial charge in [0.05, 0.1) is 0 Å². The highest BCUT2D eigenvalue weighted by atomic mass is 35.5. The Morgan fingerprint density at radius 3 is 2.55 bits per heavy atom. The molecule has 1 aromatic heterocycles. The molecule has 0 aliphatic heterocycles. The quantitative estimate of drug-likeness (QED) is 0.911. The lowest BCUT2D eigenvalue weighted by molar-refractivity contribution is -0.119. The molecule has 1 heterocycles. The first-order valence-corrected chi connectivity index (χ1v) is 7.01. The number of rotatable bonds is 4. The van der Waals surface area contributed by atoms with Crippen molar-refractivity contribution in [1.82, 2.24) is 4.98 Å². The number of benzene rings is 1. The average Bonchev–Trinajstić information content (AvgIpc) is 2.85. The standard InChI is InChI=1S/C14H17N3OS.ClH/c1-9(7-15)13(18)17-12-5-3-11(4-6-12)14-16-10(2)8-19-14;/h3-6,8-9H,7,15H2,1-2H3,(H,17,18);1H. The SMILES string of the molecule is Cc1csc(-c2ccc(NC(=O)C(C)CN)cc2)n1.Cl. The van der Waals surface area contributed by atoms with E-state index in [1.54, 1.807) is 11.3 Å². The van der Waals surface area contributed by atoms with Crippen molar-refractivity contribution in [2.75, 3.05) is 11.9 Å². The van der Waals surface area contributed by atoms with Gasteiger partial charge in [-0.1, -0.05) is 6.92 Å². The van der Waals surface area contributed by atoms with Crippen LogP contribution in [-0.2, 0) is 4.79 Å². The third-order valence-electron chi connectivity index (χ3n) is 2.82. The number of nitrogens with one attached hydrogen (secondary N) is 1. The minimum Gasteiger partial charge on any atom is -0.330 e. The molecule has 20 heavy (non-hydrogen) atoms. The van der Waals surface area contributed by atoms with Crippen LogP contribution in [0.15, 0.2) is 29.6 Å². The maximum atomic E-state index is 11.7. The summed E-state index contributed by atoms with van der Waals surface area (Å²) in [4.78, 5) is 16.1. The Kier molecular flexibility index (Phi) is 6.13. The molecule has 1 aromatic carbocycles. The van der Waals surface area contributed by atoms with Crippen molar-refractivity contribution in [2.45, 2.75) is 13.8 Å². The molecule has 3 N–H and O–H groups in total. The summed E-state index contributed by atoms with van der Waals surface area (Å²) >= 11 is 1.62. The molecule has 6 heteroatoms. The van der Waals surface area contributed by atoms with Gasteiger partial charge >= 0.3 is 0 Å². The zero-order chi connectivity index (χ0) is 13.8. The molecule has 0 aliphatic carbocycles. The van der Waals surface area contributed by atoms with Crippen LogP contribution in [0.25, 0.3) is 10.6 Å². The van der Waals surface area contributed by atoms with E-state index in [2.05, 4.69) is 10.3 Å². The van der Waals surface area contributed by atoms with Crippen LogP contribution >= 0.6 is 23.7 Å². The van der Waals surface area contributed by atoms with Gasteiger partial charge in [0, 0.05) is 34.8 Å². The van der Waals surface area contributed by atoms with Crippen LogP contribution in [0, 0.1) is 12.8 Å². The van der Waals surface area contributed by atoms with Crippen LogP contribution in [0.2, 0.25) is 0 Å². The fraction of sp³-hybridized carbons (Fsp3) is 0.286. The number of hydrogen-bond donors (Lipinski definition) is 2. The third kappa shape index (κ3) is 4.03. The zero-order valence-electron chi connectivity index (χ0n) is 11.4. The van der Waals surface area contributed by atoms with Gasteiger partial charge in [0.15, 0.2) is 0 Å². The number of carbonyl (C=O) groups is 1. The van der Waals surface area contributed by atoms with E-state index in [0.717, 1.165) is 22.0 Å². The van der Waals surface area contributed by atoms with Crippen molar-refractivity contribution >= 4 is 35.3 Å². The lowest BCUT2D eigenvalue weighted by Crippen LogP contribution is -2.26. The molecule has 4 nitrogen and oxygen atoms in total. The fourth-order valence-electron chi connectivity index (χ4n) is 1.56. The molecule has 1 amide bonds. The number of carbonyl (C=O) groups excluding carboxylic acids is 1. The molecule has 1 atom stereocenters. The summed E-state index contributed by atoms with van der Waals surface area (Å²) in [7, 11) is 0. The first-order valence-electron chi connectivity index (χ1n) is 6.13. The molecule has 2 rings (SSSR count). The fourth-order valence-corrected chi connectivity index (χ4v) is 2.36. The Morgan fingerprint density at radius 1 is 1.40 bits per heavy atom. The van der Waals surface area contributed by atoms with Gasteiger partial charge in [-0.05, 0) is 31.2 Å². The second-order valence-corrected chi connectivity index (χ2v) is 5.36. The minimum atomic E-state index is -0.179. The van der Waals surface area contributed by atoms with E-state index in [9.17, 15) is 4.79 Å². The zero-order valence-corrected chi connectivity index (χ0v) is 13.1. The second kappa shape index (κ2) is 7.38. The lowest BCUT2D eigenvalue weighted by Gasteiger charge is -2.10. The summed E-state index contributed by atoms with van der Waals surface area (Å²) < 4.78 is 0. The van der Waals surface area contributed by atoms with Crippen LogP contribution in [0.3, 0.4) is 0 Å². The molecule has 108 valence electrons. The van der Waals surface area contributed by atoms with Gasteiger partial charge in [-0.25, -0.2) is 4.98 Å². The Labute approximate surface area is 128 Å². The summed E-state index contributed by atoms with van der Waals surface area (Å²) in [6, 6.07) is 7.68. The molecule has 0 saturated carbocycles. The number of aromatic nitrogens is 1. The summed E-state index contributed by atoms with van der Waals surface area (Å²) in [6.45, 7) is 4.13. The van der Waals surface area contributed by atoms with Gasteiger partial charge in [-0.2, -0.15) is 0 Å². The van der Waals surface area contributed by atoms with Crippen molar-refractivity contribution in [2.24, 2.45) is 11.7 Å². The van der Waals surface area contributed by atoms with Crippen LogP contribution < -0.4 is 11.1 Å². The highest BCUT2D eigenvalue weighted by Gasteiger charge is 2.10. The van der Waals surface area contributed by atoms with Gasteiger partial charge in [0.2, 0.25) is 5.91 Å². The van der Waals surface area contributed by atoms with E-state index in [1.807, 2.05) is 43.5 Å². The molecule has 0 spiro atoms. The van der Waals surface area contributed by atoms with E-state index >= 15 is 0 Å². The average molecular weight is 312 g/mol. The Morgan fingerprint density at radius 2 is 2.05 bits per heavy atom. The monoisotopic (exact) mass is 311 g/mol. The maximum Gasteiger partial charge on any atom is 0.228 e. The summed E-state index contributed by atoms with van der Waals surface area (Å²) in [5.41, 5.74) is 8.32. The normalized spacial score (nSPS) is 11.6. The number of halogens is 1. The van der Waals surface area contributed by atoms with Crippen LogP contribution in [0.1, 0.15) is 12.6 Å². The first-order chi connectivity index (χ1) is 9.10.